The van der Waals surface area contributed by atoms with E-state index in [-0.39, 0.29) is 5.91 Å². The number of hydrogen-bond acceptors (Lipinski definition) is 3. The molecule has 3 nitrogen and oxygen atoms in total. The molecule has 3 rings (SSSR count). The first kappa shape index (κ1) is 16.5. The van der Waals surface area contributed by atoms with E-state index in [4.69, 9.17) is 4.74 Å². The van der Waals surface area contributed by atoms with E-state index in [1.54, 1.807) is 18.4 Å². The first-order valence-electron chi connectivity index (χ1n) is 8.15. The highest BCUT2D eigenvalue weighted by molar-refractivity contribution is 7.21. The third-order valence-electron chi connectivity index (χ3n) is 4.04. The Labute approximate surface area is 146 Å². The zero-order valence-electron chi connectivity index (χ0n) is 14.0. The topological polar surface area (TPSA) is 38.3 Å². The van der Waals surface area contributed by atoms with E-state index in [1.165, 1.54) is 10.1 Å². The highest BCUT2D eigenvalue weighted by atomic mass is 32.1. The molecule has 4 heteroatoms. The van der Waals surface area contributed by atoms with Crippen molar-refractivity contribution in [1.82, 2.24) is 5.32 Å². The van der Waals surface area contributed by atoms with Crippen molar-refractivity contribution < 1.29 is 9.53 Å². The van der Waals surface area contributed by atoms with Crippen LogP contribution in [0, 0.1) is 0 Å². The second-order valence-electron chi connectivity index (χ2n) is 5.65. The Kier molecular flexibility index (Phi) is 5.16. The van der Waals surface area contributed by atoms with Gasteiger partial charge in [0.15, 0.2) is 0 Å². The Hall–Kier alpha value is -2.33. The first-order chi connectivity index (χ1) is 11.7. The summed E-state index contributed by atoms with van der Waals surface area (Å²) in [5.74, 6) is 0.786. The minimum absolute atomic E-state index is 0.00874. The van der Waals surface area contributed by atoms with E-state index >= 15 is 0 Å². The Morgan fingerprint density at radius 2 is 1.88 bits per heavy atom. The molecule has 2 aromatic carbocycles. The molecule has 0 aliphatic heterocycles. The number of carbonyl (C=O) groups excluding carboxylic acids is 1. The van der Waals surface area contributed by atoms with Crippen molar-refractivity contribution in [3.63, 3.8) is 0 Å². The van der Waals surface area contributed by atoms with Gasteiger partial charge >= 0.3 is 0 Å². The van der Waals surface area contributed by atoms with Gasteiger partial charge in [-0.25, -0.2) is 0 Å². The minimum atomic E-state index is -0.00874. The van der Waals surface area contributed by atoms with Gasteiger partial charge in [-0.1, -0.05) is 49.7 Å². The zero-order chi connectivity index (χ0) is 16.9. The third kappa shape index (κ3) is 3.29. The summed E-state index contributed by atoms with van der Waals surface area (Å²) in [6.07, 6.45) is 1.94. The van der Waals surface area contributed by atoms with E-state index in [0.717, 1.165) is 34.6 Å². The first-order valence-corrected chi connectivity index (χ1v) is 8.96. The standard InChI is InChI=1S/C20H21NO2S/c1-3-8-16-15-10-5-7-12-18(15)24-19(16)20(22)21-13-14-9-4-6-11-17(14)23-2/h4-7,9-12H,3,8,13H2,1-2H3,(H,21,22). The molecule has 1 heterocycles. The molecule has 0 fully saturated rings. The largest absolute Gasteiger partial charge is 0.496 e. The molecule has 0 unspecified atom stereocenters. The number of thiophene rings is 1. The maximum absolute atomic E-state index is 12.7. The molecule has 0 saturated heterocycles. The molecule has 0 radical (unpaired) electrons. The van der Waals surface area contributed by atoms with Gasteiger partial charge in [0.25, 0.3) is 5.91 Å². The third-order valence-corrected chi connectivity index (χ3v) is 5.25. The van der Waals surface area contributed by atoms with Crippen LogP contribution >= 0.6 is 11.3 Å². The van der Waals surface area contributed by atoms with Crippen LogP contribution < -0.4 is 10.1 Å². The minimum Gasteiger partial charge on any atom is -0.496 e. The lowest BCUT2D eigenvalue weighted by molar-refractivity contribution is 0.0954. The molecule has 1 amide bonds. The van der Waals surface area contributed by atoms with Gasteiger partial charge in [-0.05, 0) is 29.5 Å². The van der Waals surface area contributed by atoms with Crippen LogP contribution in [0.2, 0.25) is 0 Å². The number of benzene rings is 2. The number of carbonyl (C=O) groups is 1. The number of nitrogens with one attached hydrogen (secondary N) is 1. The summed E-state index contributed by atoms with van der Waals surface area (Å²) in [6.45, 7) is 2.60. The lowest BCUT2D eigenvalue weighted by Crippen LogP contribution is -2.23. The van der Waals surface area contributed by atoms with Gasteiger partial charge in [0.2, 0.25) is 0 Å². The summed E-state index contributed by atoms with van der Waals surface area (Å²) < 4.78 is 6.51. The second-order valence-corrected chi connectivity index (χ2v) is 6.70. The van der Waals surface area contributed by atoms with Gasteiger partial charge in [0.1, 0.15) is 5.75 Å². The number of rotatable bonds is 6. The van der Waals surface area contributed by atoms with E-state index in [0.29, 0.717) is 6.54 Å². The summed E-state index contributed by atoms with van der Waals surface area (Å²) in [6, 6.07) is 16.0. The molecule has 0 spiro atoms. The lowest BCUT2D eigenvalue weighted by atomic mass is 10.1. The van der Waals surface area contributed by atoms with Crippen LogP contribution in [0.4, 0.5) is 0 Å². The molecule has 0 saturated carbocycles. The van der Waals surface area contributed by atoms with Gasteiger partial charge in [0, 0.05) is 16.8 Å². The molecule has 24 heavy (non-hydrogen) atoms. The van der Waals surface area contributed by atoms with Crippen LogP contribution in [0.1, 0.15) is 34.1 Å². The highest BCUT2D eigenvalue weighted by Crippen LogP contribution is 2.32. The van der Waals surface area contributed by atoms with Crippen molar-refractivity contribution in [2.75, 3.05) is 7.11 Å². The van der Waals surface area contributed by atoms with Crippen molar-refractivity contribution in [2.45, 2.75) is 26.3 Å². The van der Waals surface area contributed by atoms with E-state index in [2.05, 4.69) is 24.4 Å². The molecule has 1 N–H and O–H groups in total. The van der Waals surface area contributed by atoms with Gasteiger partial charge in [0.05, 0.1) is 12.0 Å². The van der Waals surface area contributed by atoms with Crippen LogP contribution in [0.5, 0.6) is 5.75 Å². The summed E-state index contributed by atoms with van der Waals surface area (Å²) in [4.78, 5) is 13.6. The van der Waals surface area contributed by atoms with E-state index in [9.17, 15) is 4.79 Å². The number of amides is 1. The average molecular weight is 339 g/mol. The number of methoxy groups -OCH3 is 1. The number of ether oxygens (including phenoxy) is 1. The van der Waals surface area contributed by atoms with E-state index in [1.807, 2.05) is 36.4 Å². The Bertz CT molecular complexity index is 854. The molecule has 3 aromatic rings. The van der Waals surface area contributed by atoms with Crippen LogP contribution in [0.25, 0.3) is 10.1 Å². The molecule has 0 aliphatic rings. The molecule has 0 bridgehead atoms. The smallest absolute Gasteiger partial charge is 0.261 e. The Balaban J connectivity index is 1.84. The summed E-state index contributed by atoms with van der Waals surface area (Å²) in [5, 5.41) is 4.24. The Morgan fingerprint density at radius 3 is 2.67 bits per heavy atom. The lowest BCUT2D eigenvalue weighted by Gasteiger charge is -2.09. The van der Waals surface area contributed by atoms with Gasteiger partial charge in [-0.15, -0.1) is 11.3 Å². The quantitative estimate of drug-likeness (QED) is 0.701. The van der Waals surface area contributed by atoms with Crippen molar-refractivity contribution >= 4 is 27.3 Å². The normalized spacial score (nSPS) is 10.8. The fourth-order valence-electron chi connectivity index (χ4n) is 2.89. The highest BCUT2D eigenvalue weighted by Gasteiger charge is 2.17. The zero-order valence-corrected chi connectivity index (χ0v) is 14.8. The SMILES string of the molecule is CCCc1c(C(=O)NCc2ccccc2OC)sc2ccccc12. The fourth-order valence-corrected chi connectivity index (χ4v) is 4.05. The number of para-hydroxylation sites is 1. The van der Waals surface area contributed by atoms with Crippen LogP contribution in [-0.2, 0) is 13.0 Å². The number of aryl methyl sites for hydroxylation is 1. The van der Waals surface area contributed by atoms with Crippen molar-refractivity contribution in [2.24, 2.45) is 0 Å². The number of fused-ring (bicyclic) bond motifs is 1. The second kappa shape index (κ2) is 7.49. The maximum Gasteiger partial charge on any atom is 0.261 e. The van der Waals surface area contributed by atoms with Gasteiger partial charge < -0.3 is 10.1 Å². The molecule has 1 aromatic heterocycles. The molecule has 124 valence electrons. The Morgan fingerprint density at radius 1 is 1.12 bits per heavy atom. The van der Waals surface area contributed by atoms with Gasteiger partial charge in [-0.2, -0.15) is 0 Å². The van der Waals surface area contributed by atoms with Crippen molar-refractivity contribution in [3.8, 4) is 5.75 Å². The molecular weight excluding hydrogens is 318 g/mol. The van der Waals surface area contributed by atoms with Crippen LogP contribution in [0.3, 0.4) is 0 Å². The average Bonchev–Trinajstić information content (AvgIpc) is 2.99. The summed E-state index contributed by atoms with van der Waals surface area (Å²) in [5.41, 5.74) is 2.14. The predicted octanol–water partition coefficient (Wildman–Crippen LogP) is 4.79. The monoisotopic (exact) mass is 339 g/mol. The van der Waals surface area contributed by atoms with Gasteiger partial charge in [-0.3, -0.25) is 4.79 Å². The fraction of sp³-hybridized carbons (Fsp3) is 0.250. The predicted molar refractivity (Wildman–Crippen MR) is 100.0 cm³/mol. The van der Waals surface area contributed by atoms with E-state index < -0.39 is 0 Å². The molecular formula is C20H21NO2S. The van der Waals surface area contributed by atoms with Crippen molar-refractivity contribution in [3.05, 3.63) is 64.5 Å². The van der Waals surface area contributed by atoms with Crippen LogP contribution in [-0.4, -0.2) is 13.0 Å². The van der Waals surface area contributed by atoms with Crippen molar-refractivity contribution in [1.29, 1.82) is 0 Å². The summed E-state index contributed by atoms with van der Waals surface area (Å²) >= 11 is 1.57. The van der Waals surface area contributed by atoms with Crippen LogP contribution in [0.15, 0.2) is 48.5 Å². The molecule has 0 atom stereocenters. The molecule has 0 aliphatic carbocycles. The summed E-state index contributed by atoms with van der Waals surface area (Å²) in [7, 11) is 1.64. The number of hydrogen-bond donors (Lipinski definition) is 1. The maximum atomic E-state index is 12.7.